The van der Waals surface area contributed by atoms with Gasteiger partial charge in [0.2, 0.25) is 0 Å². The first kappa shape index (κ1) is 20.1. The number of nitrogens with zero attached hydrogens (tertiary/aromatic N) is 3. The van der Waals surface area contributed by atoms with E-state index in [9.17, 15) is 4.79 Å². The van der Waals surface area contributed by atoms with Crippen LogP contribution in [0.4, 0.5) is 5.69 Å². The van der Waals surface area contributed by atoms with Gasteiger partial charge in [-0.15, -0.1) is 0 Å². The summed E-state index contributed by atoms with van der Waals surface area (Å²) in [6.07, 6.45) is 11.0. The van der Waals surface area contributed by atoms with E-state index in [1.54, 1.807) is 48.6 Å². The molecule has 0 aliphatic heterocycles. The standard InChI is InChI=1S/C22H24N6O/c1-25-11-3-2-5-16-10-12-26-20(13-16)22(29)27-18-7-4-6-17(14-18)21(24)28(15-23)19-8-9-19/h2-4,6-7,10-15,19,23-24H,5,8-9H2,1H3,(H,27,29)/b3-2-,23-15?,24-21?,25-11-. The maximum atomic E-state index is 12.6. The van der Waals surface area contributed by atoms with Crippen molar-refractivity contribution in [3.8, 4) is 0 Å². The summed E-state index contributed by atoms with van der Waals surface area (Å²) in [4.78, 5) is 22.3. The van der Waals surface area contributed by atoms with Crippen LogP contribution in [-0.4, -0.2) is 47.3 Å². The third kappa shape index (κ3) is 5.44. The highest BCUT2D eigenvalue weighted by Crippen LogP contribution is 2.27. The van der Waals surface area contributed by atoms with E-state index in [2.05, 4.69) is 15.3 Å². The highest BCUT2D eigenvalue weighted by molar-refractivity contribution is 6.06. The predicted molar refractivity (Wildman–Crippen MR) is 116 cm³/mol. The Morgan fingerprint density at radius 2 is 2.17 bits per heavy atom. The molecular formula is C22H24N6O. The highest BCUT2D eigenvalue weighted by Gasteiger charge is 2.30. The summed E-state index contributed by atoms with van der Waals surface area (Å²) in [6, 6.07) is 11.0. The van der Waals surface area contributed by atoms with Gasteiger partial charge in [-0.3, -0.25) is 25.6 Å². The van der Waals surface area contributed by atoms with E-state index in [-0.39, 0.29) is 17.8 Å². The fourth-order valence-corrected chi connectivity index (χ4v) is 2.87. The first-order chi connectivity index (χ1) is 14.1. The molecule has 3 rings (SSSR count). The minimum absolute atomic E-state index is 0.239. The molecular weight excluding hydrogens is 364 g/mol. The number of amidine groups is 1. The summed E-state index contributed by atoms with van der Waals surface area (Å²) in [5.74, 6) is -0.0399. The van der Waals surface area contributed by atoms with Gasteiger partial charge in [-0.2, -0.15) is 0 Å². The number of nitrogens with one attached hydrogen (secondary N) is 3. The van der Waals surface area contributed by atoms with E-state index in [4.69, 9.17) is 10.8 Å². The van der Waals surface area contributed by atoms with E-state index in [1.165, 1.54) is 6.34 Å². The summed E-state index contributed by atoms with van der Waals surface area (Å²) >= 11 is 0. The van der Waals surface area contributed by atoms with Crippen LogP contribution in [0.5, 0.6) is 0 Å². The monoisotopic (exact) mass is 388 g/mol. The van der Waals surface area contributed by atoms with Gasteiger partial charge >= 0.3 is 0 Å². The summed E-state index contributed by atoms with van der Waals surface area (Å²) in [5, 5.41) is 18.8. The van der Waals surface area contributed by atoms with Crippen LogP contribution in [0, 0.1) is 10.8 Å². The average molecular weight is 388 g/mol. The smallest absolute Gasteiger partial charge is 0.274 e. The number of aromatic nitrogens is 1. The number of benzene rings is 1. The van der Waals surface area contributed by atoms with Crippen molar-refractivity contribution in [2.24, 2.45) is 4.99 Å². The lowest BCUT2D eigenvalue weighted by molar-refractivity contribution is 0.102. The zero-order valence-electron chi connectivity index (χ0n) is 16.3. The minimum atomic E-state index is -0.305. The number of hydrogen-bond donors (Lipinski definition) is 3. The van der Waals surface area contributed by atoms with Crippen LogP contribution in [0.3, 0.4) is 0 Å². The molecule has 0 saturated heterocycles. The highest BCUT2D eigenvalue weighted by atomic mass is 16.1. The van der Waals surface area contributed by atoms with Gasteiger partial charge in [0, 0.05) is 36.8 Å². The van der Waals surface area contributed by atoms with Crippen molar-refractivity contribution >= 4 is 30.0 Å². The largest absolute Gasteiger partial charge is 0.321 e. The Labute approximate surface area is 170 Å². The van der Waals surface area contributed by atoms with Gasteiger partial charge in [0.25, 0.3) is 5.91 Å². The lowest BCUT2D eigenvalue weighted by Crippen LogP contribution is -2.31. The predicted octanol–water partition coefficient (Wildman–Crippen LogP) is 3.53. The maximum Gasteiger partial charge on any atom is 0.274 e. The van der Waals surface area contributed by atoms with Crippen LogP contribution in [0.15, 0.2) is 59.7 Å². The molecule has 148 valence electrons. The van der Waals surface area contributed by atoms with Crippen molar-refractivity contribution in [3.05, 3.63) is 71.6 Å². The third-order valence-electron chi connectivity index (χ3n) is 4.51. The van der Waals surface area contributed by atoms with E-state index in [0.29, 0.717) is 23.4 Å². The molecule has 1 heterocycles. The number of rotatable bonds is 8. The van der Waals surface area contributed by atoms with Crippen molar-refractivity contribution < 1.29 is 4.79 Å². The molecule has 7 heteroatoms. The number of hydrogen-bond acceptors (Lipinski definition) is 5. The lowest BCUT2D eigenvalue weighted by Gasteiger charge is -2.19. The molecule has 2 aromatic rings. The fourth-order valence-electron chi connectivity index (χ4n) is 2.87. The molecule has 1 amide bonds. The molecule has 1 aliphatic rings. The average Bonchev–Trinajstić information content (AvgIpc) is 3.57. The van der Waals surface area contributed by atoms with Gasteiger partial charge < -0.3 is 10.2 Å². The topological polar surface area (TPSA) is 105 Å². The Kier molecular flexibility index (Phi) is 6.63. The Balaban J connectivity index is 1.69. The Hall–Kier alpha value is -3.61. The zero-order chi connectivity index (χ0) is 20.6. The summed E-state index contributed by atoms with van der Waals surface area (Å²) < 4.78 is 0. The quantitative estimate of drug-likeness (QED) is 0.476. The Bertz CT molecular complexity index is 961. The van der Waals surface area contributed by atoms with Crippen LogP contribution in [0.1, 0.15) is 34.5 Å². The first-order valence-electron chi connectivity index (χ1n) is 9.44. The van der Waals surface area contributed by atoms with E-state index >= 15 is 0 Å². The molecule has 1 aliphatic carbocycles. The molecule has 0 unspecified atom stereocenters. The molecule has 0 spiro atoms. The number of amides is 1. The number of aliphatic imine (C=N–C) groups is 1. The number of pyridine rings is 1. The van der Waals surface area contributed by atoms with E-state index in [0.717, 1.165) is 18.4 Å². The molecule has 7 nitrogen and oxygen atoms in total. The van der Waals surface area contributed by atoms with Crippen LogP contribution >= 0.6 is 0 Å². The number of allylic oxidation sites excluding steroid dienone is 2. The van der Waals surface area contributed by atoms with Crippen molar-refractivity contribution in [2.75, 3.05) is 12.4 Å². The third-order valence-corrected chi connectivity index (χ3v) is 4.51. The summed E-state index contributed by atoms with van der Waals surface area (Å²) in [7, 11) is 1.71. The van der Waals surface area contributed by atoms with Gasteiger partial charge in [0.1, 0.15) is 11.5 Å². The molecule has 0 bridgehead atoms. The van der Waals surface area contributed by atoms with Crippen molar-refractivity contribution in [3.63, 3.8) is 0 Å². The molecule has 1 aromatic carbocycles. The van der Waals surface area contributed by atoms with Gasteiger partial charge in [0.15, 0.2) is 0 Å². The molecule has 1 fully saturated rings. The van der Waals surface area contributed by atoms with Gasteiger partial charge in [0.05, 0.1) is 6.34 Å². The van der Waals surface area contributed by atoms with Crippen LogP contribution in [0.2, 0.25) is 0 Å². The van der Waals surface area contributed by atoms with Crippen molar-refractivity contribution in [2.45, 2.75) is 25.3 Å². The number of carbonyl (C=O) groups is 1. The van der Waals surface area contributed by atoms with E-state index < -0.39 is 0 Å². The molecule has 29 heavy (non-hydrogen) atoms. The van der Waals surface area contributed by atoms with Crippen LogP contribution in [0.25, 0.3) is 0 Å². The maximum absolute atomic E-state index is 12.6. The SMILES string of the molecule is C/N=C\C=C/Cc1ccnc(C(=O)Nc2cccc(C(=N)N(C=N)C3CC3)c2)c1. The van der Waals surface area contributed by atoms with E-state index in [1.807, 2.05) is 24.3 Å². The minimum Gasteiger partial charge on any atom is -0.321 e. The van der Waals surface area contributed by atoms with Gasteiger partial charge in [-0.05, 0) is 55.2 Å². The number of anilines is 1. The number of carbonyl (C=O) groups excluding carboxylic acids is 1. The second-order valence-electron chi connectivity index (χ2n) is 6.74. The molecule has 1 aromatic heterocycles. The van der Waals surface area contributed by atoms with Crippen molar-refractivity contribution in [1.82, 2.24) is 9.88 Å². The summed E-state index contributed by atoms with van der Waals surface area (Å²) in [5.41, 5.74) is 2.55. The lowest BCUT2D eigenvalue weighted by atomic mass is 10.1. The van der Waals surface area contributed by atoms with Crippen molar-refractivity contribution in [1.29, 1.82) is 10.8 Å². The Morgan fingerprint density at radius 1 is 1.34 bits per heavy atom. The zero-order valence-corrected chi connectivity index (χ0v) is 16.3. The second-order valence-corrected chi connectivity index (χ2v) is 6.74. The molecule has 3 N–H and O–H groups in total. The molecule has 0 radical (unpaired) electrons. The molecule has 1 saturated carbocycles. The van der Waals surface area contributed by atoms with Crippen LogP contribution in [-0.2, 0) is 6.42 Å². The fraction of sp³-hybridized carbons (Fsp3) is 0.227. The second kappa shape index (κ2) is 9.54. The normalized spacial score (nSPS) is 13.6. The Morgan fingerprint density at radius 3 is 2.90 bits per heavy atom. The van der Waals surface area contributed by atoms with Gasteiger partial charge in [-0.25, -0.2) is 0 Å². The van der Waals surface area contributed by atoms with Crippen LogP contribution < -0.4 is 5.32 Å². The summed E-state index contributed by atoms with van der Waals surface area (Å²) in [6.45, 7) is 0. The van der Waals surface area contributed by atoms with Gasteiger partial charge in [-0.1, -0.05) is 18.2 Å². The molecule has 0 atom stereocenters. The first-order valence-corrected chi connectivity index (χ1v) is 9.44.